The zero-order valence-electron chi connectivity index (χ0n) is 12.9. The Morgan fingerprint density at radius 3 is 2.91 bits per heavy atom. The van der Waals surface area contributed by atoms with Crippen molar-refractivity contribution >= 4 is 17.1 Å². The molecule has 22 heavy (non-hydrogen) atoms. The van der Waals surface area contributed by atoms with Gasteiger partial charge in [0.2, 0.25) is 0 Å². The summed E-state index contributed by atoms with van der Waals surface area (Å²) in [6.07, 6.45) is 3.10. The van der Waals surface area contributed by atoms with Crippen LogP contribution in [-0.4, -0.2) is 24.5 Å². The molecular formula is C16H20F2N4. The molecule has 0 radical (unpaired) electrons. The van der Waals surface area contributed by atoms with E-state index < -0.39 is 11.6 Å². The summed E-state index contributed by atoms with van der Waals surface area (Å²) in [6, 6.07) is 2.91. The average Bonchev–Trinajstić information content (AvgIpc) is 2.97. The fourth-order valence-corrected chi connectivity index (χ4v) is 3.36. The summed E-state index contributed by atoms with van der Waals surface area (Å²) in [5.74, 6) is -1.16. The van der Waals surface area contributed by atoms with Gasteiger partial charge >= 0.3 is 0 Å². The predicted octanol–water partition coefficient (Wildman–Crippen LogP) is 3.35. The molecule has 3 rings (SSSR count). The third kappa shape index (κ3) is 2.14. The smallest absolute Gasteiger partial charge is 0.164 e. The first-order valence-corrected chi connectivity index (χ1v) is 7.37. The van der Waals surface area contributed by atoms with Gasteiger partial charge in [-0.15, -0.1) is 0 Å². The number of nitrogens with one attached hydrogen (secondary N) is 3. The second-order valence-electron chi connectivity index (χ2n) is 6.39. The van der Waals surface area contributed by atoms with E-state index >= 15 is 0 Å². The van der Waals surface area contributed by atoms with E-state index in [0.717, 1.165) is 19.0 Å². The molecular weight excluding hydrogens is 286 g/mol. The lowest BCUT2D eigenvalue weighted by molar-refractivity contribution is 0.514. The van der Waals surface area contributed by atoms with Crippen LogP contribution in [0.15, 0.2) is 24.2 Å². The zero-order chi connectivity index (χ0) is 16.1. The summed E-state index contributed by atoms with van der Waals surface area (Å²) >= 11 is 0. The second kappa shape index (κ2) is 4.97. The number of benzene rings is 1. The maximum atomic E-state index is 14.4. The third-order valence-electron chi connectivity index (χ3n) is 4.43. The molecule has 0 amide bonds. The highest BCUT2D eigenvalue weighted by Gasteiger charge is 2.45. The largest absolute Gasteiger partial charge is 0.392 e. The van der Waals surface area contributed by atoms with Crippen LogP contribution >= 0.6 is 0 Å². The molecule has 1 saturated heterocycles. The van der Waals surface area contributed by atoms with Gasteiger partial charge < -0.3 is 15.5 Å². The van der Waals surface area contributed by atoms with Gasteiger partial charge in [0.05, 0.1) is 23.3 Å². The quantitative estimate of drug-likeness (QED) is 0.751. The normalized spacial score (nSPS) is 22.1. The van der Waals surface area contributed by atoms with E-state index in [1.165, 1.54) is 6.07 Å². The van der Waals surface area contributed by atoms with Gasteiger partial charge in [0.15, 0.2) is 5.83 Å². The molecule has 1 fully saturated rings. The first kappa shape index (κ1) is 14.8. The lowest BCUT2D eigenvalue weighted by Gasteiger charge is -2.33. The second-order valence-corrected chi connectivity index (χ2v) is 6.39. The summed E-state index contributed by atoms with van der Waals surface area (Å²) in [5.41, 5.74) is 0.994. The fraction of sp³-hybridized carbons (Fsp3) is 0.438. The molecule has 0 aromatic heterocycles. The molecule has 2 heterocycles. The van der Waals surface area contributed by atoms with E-state index in [-0.39, 0.29) is 23.0 Å². The van der Waals surface area contributed by atoms with Gasteiger partial charge in [0, 0.05) is 24.4 Å². The zero-order valence-corrected chi connectivity index (χ0v) is 12.9. The van der Waals surface area contributed by atoms with Crippen molar-refractivity contribution in [1.82, 2.24) is 5.32 Å². The third-order valence-corrected chi connectivity index (χ3v) is 4.43. The summed E-state index contributed by atoms with van der Waals surface area (Å²) in [5, 5.41) is 13.6. The van der Waals surface area contributed by atoms with Crippen molar-refractivity contribution in [3.05, 3.63) is 35.5 Å². The number of rotatable bonds is 3. The van der Waals surface area contributed by atoms with Crippen LogP contribution in [0.4, 0.5) is 20.2 Å². The number of anilines is 2. The molecule has 0 bridgehead atoms. The molecule has 0 saturated carbocycles. The lowest BCUT2D eigenvalue weighted by Crippen LogP contribution is -2.42. The highest BCUT2D eigenvalue weighted by atomic mass is 19.1. The van der Waals surface area contributed by atoms with E-state index in [1.54, 1.807) is 13.1 Å². The number of hydrogen-bond acceptors (Lipinski definition) is 4. The van der Waals surface area contributed by atoms with E-state index in [0.29, 0.717) is 11.4 Å². The molecule has 6 heteroatoms. The van der Waals surface area contributed by atoms with Crippen LogP contribution in [0.1, 0.15) is 32.3 Å². The van der Waals surface area contributed by atoms with E-state index in [9.17, 15) is 8.78 Å². The van der Waals surface area contributed by atoms with E-state index in [2.05, 4.69) is 29.4 Å². The number of allylic oxidation sites excluding steroid dienone is 1. The molecule has 118 valence electrons. The maximum Gasteiger partial charge on any atom is 0.164 e. The molecule has 2 aliphatic heterocycles. The van der Waals surface area contributed by atoms with Gasteiger partial charge in [-0.1, -0.05) is 0 Å². The topological polar surface area (TPSA) is 51.2 Å². The average molecular weight is 306 g/mol. The van der Waals surface area contributed by atoms with Crippen molar-refractivity contribution in [2.45, 2.75) is 38.4 Å². The summed E-state index contributed by atoms with van der Waals surface area (Å²) in [6.45, 7) is 4.22. The van der Waals surface area contributed by atoms with Gasteiger partial charge in [-0.2, -0.15) is 0 Å². The number of halogens is 2. The molecule has 1 atom stereocenters. The van der Waals surface area contributed by atoms with Crippen molar-refractivity contribution in [3.8, 4) is 0 Å². The van der Waals surface area contributed by atoms with Crippen LogP contribution in [0.2, 0.25) is 0 Å². The van der Waals surface area contributed by atoms with Crippen LogP contribution in [0.5, 0.6) is 0 Å². The molecule has 1 aromatic carbocycles. The fourth-order valence-electron chi connectivity index (χ4n) is 3.36. The van der Waals surface area contributed by atoms with Crippen LogP contribution in [0, 0.1) is 11.2 Å². The minimum absolute atomic E-state index is 0.0710. The van der Waals surface area contributed by atoms with Crippen LogP contribution in [0.3, 0.4) is 0 Å². The molecule has 0 spiro atoms. The van der Waals surface area contributed by atoms with Gasteiger partial charge in [-0.3, -0.25) is 5.41 Å². The Bertz CT molecular complexity index is 666. The lowest BCUT2D eigenvalue weighted by atomic mass is 10.00. The molecule has 1 aromatic rings. The molecule has 3 N–H and O–H groups in total. The Kier molecular flexibility index (Phi) is 3.34. The van der Waals surface area contributed by atoms with Gasteiger partial charge in [-0.25, -0.2) is 8.78 Å². The standard InChI is InChI=1S/C16H20F2N4/c1-16(2)5-4-13-21-15-10(17)6-9(7-12(15)22(13)16)14(19)11(18)8-20-3/h6-8,13,19-21H,4-5H2,1-3H3/b11-8+,19-14?. The Hall–Kier alpha value is -2.11. The summed E-state index contributed by atoms with van der Waals surface area (Å²) in [4.78, 5) is 2.14. The monoisotopic (exact) mass is 306 g/mol. The van der Waals surface area contributed by atoms with Crippen LogP contribution < -0.4 is 15.5 Å². The van der Waals surface area contributed by atoms with Gasteiger partial charge in [-0.05, 0) is 38.8 Å². The molecule has 0 aliphatic carbocycles. The molecule has 2 aliphatic rings. The van der Waals surface area contributed by atoms with Crippen LogP contribution in [-0.2, 0) is 0 Å². The summed E-state index contributed by atoms with van der Waals surface area (Å²) < 4.78 is 28.2. The van der Waals surface area contributed by atoms with Crippen molar-refractivity contribution in [3.63, 3.8) is 0 Å². The van der Waals surface area contributed by atoms with E-state index in [1.807, 2.05) is 0 Å². The number of nitrogens with zero attached hydrogens (tertiary/aromatic N) is 1. The Morgan fingerprint density at radius 2 is 2.23 bits per heavy atom. The molecule has 4 nitrogen and oxygen atoms in total. The van der Waals surface area contributed by atoms with Crippen molar-refractivity contribution in [2.75, 3.05) is 17.3 Å². The molecule has 1 unspecified atom stereocenters. The summed E-state index contributed by atoms with van der Waals surface area (Å²) in [7, 11) is 1.55. The minimum Gasteiger partial charge on any atom is -0.392 e. The highest BCUT2D eigenvalue weighted by molar-refractivity contribution is 6.10. The maximum absolute atomic E-state index is 14.4. The highest BCUT2D eigenvalue weighted by Crippen LogP contribution is 2.48. The van der Waals surface area contributed by atoms with E-state index in [4.69, 9.17) is 5.41 Å². The number of fused-ring (bicyclic) bond motifs is 3. The Morgan fingerprint density at radius 1 is 1.50 bits per heavy atom. The Labute approximate surface area is 128 Å². The van der Waals surface area contributed by atoms with Crippen molar-refractivity contribution < 1.29 is 8.78 Å². The predicted molar refractivity (Wildman–Crippen MR) is 84.7 cm³/mol. The van der Waals surface area contributed by atoms with Crippen molar-refractivity contribution in [2.24, 2.45) is 0 Å². The first-order chi connectivity index (χ1) is 10.3. The number of hydrogen-bond donors (Lipinski definition) is 3. The SMILES string of the molecule is CN/C=C(/F)C(=N)c1cc(F)c2c(c1)N1C(CCC1(C)C)N2. The Balaban J connectivity index is 2.05. The van der Waals surface area contributed by atoms with Gasteiger partial charge in [0.1, 0.15) is 5.82 Å². The van der Waals surface area contributed by atoms with Gasteiger partial charge in [0.25, 0.3) is 0 Å². The minimum atomic E-state index is -0.718. The first-order valence-electron chi connectivity index (χ1n) is 7.37. The van der Waals surface area contributed by atoms with Crippen LogP contribution in [0.25, 0.3) is 0 Å². The van der Waals surface area contributed by atoms with Crippen molar-refractivity contribution in [1.29, 1.82) is 5.41 Å².